The minimum absolute atomic E-state index is 0.569. The lowest BCUT2D eigenvalue weighted by Gasteiger charge is -2.14. The summed E-state index contributed by atoms with van der Waals surface area (Å²) in [6, 6.07) is 2.00. The van der Waals surface area contributed by atoms with Crippen LogP contribution in [0, 0.1) is 11.3 Å². The number of halogens is 5. The summed E-state index contributed by atoms with van der Waals surface area (Å²) in [6.07, 6.45) is -9.21. The predicted octanol–water partition coefficient (Wildman–Crippen LogP) is 2.40. The van der Waals surface area contributed by atoms with E-state index < -0.39 is 41.4 Å². The molecule has 1 N–H and O–H groups in total. The minimum Gasteiger partial charge on any atom is -0.318 e. The van der Waals surface area contributed by atoms with Crippen molar-refractivity contribution < 1.29 is 22.0 Å². The Morgan fingerprint density at radius 3 is 2.41 bits per heavy atom. The van der Waals surface area contributed by atoms with Crippen LogP contribution in [0.5, 0.6) is 0 Å². The highest BCUT2D eigenvalue weighted by Crippen LogP contribution is 2.35. The number of H-pyrrole nitrogens is 1. The second-order valence-corrected chi connectivity index (χ2v) is 3.08. The molecule has 17 heavy (non-hydrogen) atoms. The normalized spacial score (nSPS) is 11.6. The van der Waals surface area contributed by atoms with Crippen molar-refractivity contribution in [3.63, 3.8) is 0 Å². The van der Waals surface area contributed by atoms with Crippen LogP contribution in [0.4, 0.5) is 22.0 Å². The van der Waals surface area contributed by atoms with Crippen LogP contribution >= 0.6 is 0 Å². The van der Waals surface area contributed by atoms with Gasteiger partial charge in [-0.15, -0.1) is 0 Å². The van der Waals surface area contributed by atoms with Gasteiger partial charge < -0.3 is 4.98 Å². The van der Waals surface area contributed by atoms with Crippen LogP contribution in [0.15, 0.2) is 10.9 Å². The van der Waals surface area contributed by atoms with E-state index in [1.807, 2.05) is 0 Å². The van der Waals surface area contributed by atoms with E-state index in [-0.39, 0.29) is 0 Å². The molecule has 0 saturated carbocycles. The zero-order chi connectivity index (χ0) is 13.2. The van der Waals surface area contributed by atoms with Gasteiger partial charge in [0, 0.05) is 6.07 Å². The van der Waals surface area contributed by atoms with Gasteiger partial charge in [0.25, 0.3) is 6.43 Å². The van der Waals surface area contributed by atoms with Gasteiger partial charge >= 0.3 is 6.18 Å². The minimum atomic E-state index is -5.10. The third-order valence-electron chi connectivity index (χ3n) is 1.94. The molecular formula is C9H5F5N2O. The molecule has 0 unspecified atom stereocenters. The molecule has 0 bridgehead atoms. The largest absolute Gasteiger partial charge is 0.431 e. The number of pyridine rings is 1. The zero-order valence-corrected chi connectivity index (χ0v) is 8.11. The fourth-order valence-corrected chi connectivity index (χ4v) is 1.33. The first-order valence-corrected chi connectivity index (χ1v) is 4.25. The monoisotopic (exact) mass is 252 g/mol. The topological polar surface area (TPSA) is 56.6 Å². The summed E-state index contributed by atoms with van der Waals surface area (Å²) in [6.45, 7) is 0. The van der Waals surface area contributed by atoms with Crippen LogP contribution in [0.3, 0.4) is 0 Å². The number of rotatable bonds is 2. The van der Waals surface area contributed by atoms with Gasteiger partial charge in [0.1, 0.15) is 5.69 Å². The molecule has 1 aromatic rings. The van der Waals surface area contributed by atoms with Crippen molar-refractivity contribution in [1.29, 1.82) is 5.26 Å². The number of hydrogen-bond donors (Lipinski definition) is 1. The van der Waals surface area contributed by atoms with Gasteiger partial charge in [-0.25, -0.2) is 8.78 Å². The van der Waals surface area contributed by atoms with Crippen molar-refractivity contribution in [2.75, 3.05) is 0 Å². The molecule has 1 aromatic heterocycles. The Labute approximate surface area is 91.5 Å². The number of nitriles is 1. The van der Waals surface area contributed by atoms with E-state index in [0.717, 1.165) is 0 Å². The van der Waals surface area contributed by atoms with Crippen molar-refractivity contribution in [1.82, 2.24) is 4.98 Å². The smallest absolute Gasteiger partial charge is 0.318 e. The first-order valence-electron chi connectivity index (χ1n) is 4.25. The van der Waals surface area contributed by atoms with E-state index in [1.54, 1.807) is 0 Å². The molecule has 0 radical (unpaired) electrons. The maximum absolute atomic E-state index is 12.5. The van der Waals surface area contributed by atoms with E-state index in [2.05, 4.69) is 0 Å². The van der Waals surface area contributed by atoms with Gasteiger partial charge in [-0.2, -0.15) is 18.4 Å². The Hall–Kier alpha value is -1.91. The maximum atomic E-state index is 12.5. The van der Waals surface area contributed by atoms with Crippen LogP contribution in [-0.4, -0.2) is 4.98 Å². The Morgan fingerprint density at radius 2 is 2.00 bits per heavy atom. The Balaban J connectivity index is 3.59. The fourth-order valence-electron chi connectivity index (χ4n) is 1.33. The Bertz CT molecular complexity index is 512. The summed E-state index contributed by atoms with van der Waals surface area (Å²) >= 11 is 0. The lowest BCUT2D eigenvalue weighted by molar-refractivity contribution is -0.143. The zero-order valence-electron chi connectivity index (χ0n) is 8.11. The van der Waals surface area contributed by atoms with Crippen molar-refractivity contribution in [3.05, 3.63) is 33.2 Å². The third kappa shape index (κ3) is 2.81. The van der Waals surface area contributed by atoms with Crippen molar-refractivity contribution >= 4 is 0 Å². The lowest BCUT2D eigenvalue weighted by atomic mass is 10.0. The van der Waals surface area contributed by atoms with Gasteiger partial charge in [-0.3, -0.25) is 4.79 Å². The molecule has 0 fully saturated rings. The molecule has 3 nitrogen and oxygen atoms in total. The second kappa shape index (κ2) is 4.53. The van der Waals surface area contributed by atoms with E-state index in [9.17, 15) is 26.7 Å². The van der Waals surface area contributed by atoms with Gasteiger partial charge in [-0.05, 0) is 5.56 Å². The molecule has 0 aromatic carbocycles. The Kier molecular flexibility index (Phi) is 3.50. The number of aromatic nitrogens is 1. The SMILES string of the molecule is N#CCc1cc(=O)[nH]c(C(F)(F)F)c1C(F)F. The van der Waals surface area contributed by atoms with Crippen LogP contribution in [-0.2, 0) is 12.6 Å². The van der Waals surface area contributed by atoms with E-state index in [1.165, 1.54) is 11.1 Å². The maximum Gasteiger partial charge on any atom is 0.431 e. The molecule has 1 heterocycles. The van der Waals surface area contributed by atoms with Crippen LogP contribution in [0.2, 0.25) is 0 Å². The molecule has 8 heteroatoms. The van der Waals surface area contributed by atoms with E-state index in [0.29, 0.717) is 6.07 Å². The summed E-state index contributed by atoms with van der Waals surface area (Å²) in [5.74, 6) is 0. The van der Waals surface area contributed by atoms with Crippen LogP contribution < -0.4 is 5.56 Å². The first kappa shape index (κ1) is 13.2. The highest BCUT2D eigenvalue weighted by atomic mass is 19.4. The fraction of sp³-hybridized carbons (Fsp3) is 0.333. The van der Waals surface area contributed by atoms with Gasteiger partial charge in [0.15, 0.2) is 0 Å². The van der Waals surface area contributed by atoms with E-state index in [4.69, 9.17) is 5.26 Å². The lowest BCUT2D eigenvalue weighted by Crippen LogP contribution is -2.21. The summed E-state index contributed by atoms with van der Waals surface area (Å²) in [7, 11) is 0. The summed E-state index contributed by atoms with van der Waals surface area (Å²) in [4.78, 5) is 12.2. The second-order valence-electron chi connectivity index (χ2n) is 3.08. The van der Waals surface area contributed by atoms with Gasteiger partial charge in [0.2, 0.25) is 5.56 Å². The molecular weight excluding hydrogens is 247 g/mol. The number of hydrogen-bond acceptors (Lipinski definition) is 2. The summed E-state index contributed by atoms with van der Waals surface area (Å²) in [5.41, 5.74) is -4.94. The molecule has 0 saturated heterocycles. The average molecular weight is 252 g/mol. The quantitative estimate of drug-likeness (QED) is 0.821. The molecule has 0 aliphatic carbocycles. The highest BCUT2D eigenvalue weighted by Gasteiger charge is 2.38. The number of nitrogens with one attached hydrogen (secondary N) is 1. The number of alkyl halides is 5. The molecule has 0 spiro atoms. The van der Waals surface area contributed by atoms with Crippen LogP contribution in [0.1, 0.15) is 23.2 Å². The van der Waals surface area contributed by atoms with E-state index >= 15 is 0 Å². The first-order chi connectivity index (χ1) is 7.77. The number of aromatic amines is 1. The van der Waals surface area contributed by atoms with Crippen molar-refractivity contribution in [2.24, 2.45) is 0 Å². The standard InChI is InChI=1S/C9H5F5N2O/c10-8(11)6-4(1-2-15)3-5(17)16-7(6)9(12,13)14/h3,8H,1H2,(H,16,17). The number of nitrogens with zero attached hydrogens (tertiary/aromatic N) is 1. The van der Waals surface area contributed by atoms with Crippen molar-refractivity contribution in [2.45, 2.75) is 19.0 Å². The Morgan fingerprint density at radius 1 is 1.41 bits per heavy atom. The average Bonchev–Trinajstić information content (AvgIpc) is 2.15. The molecule has 0 amide bonds. The summed E-state index contributed by atoms with van der Waals surface area (Å²) in [5, 5.41) is 8.32. The van der Waals surface area contributed by atoms with Crippen molar-refractivity contribution in [3.8, 4) is 6.07 Å². The van der Waals surface area contributed by atoms with Gasteiger partial charge in [-0.1, -0.05) is 0 Å². The van der Waals surface area contributed by atoms with Gasteiger partial charge in [0.05, 0.1) is 18.1 Å². The van der Waals surface area contributed by atoms with Crippen LogP contribution in [0.25, 0.3) is 0 Å². The molecule has 0 atom stereocenters. The summed E-state index contributed by atoms with van der Waals surface area (Å²) < 4.78 is 62.4. The molecule has 1 rings (SSSR count). The predicted molar refractivity (Wildman–Crippen MR) is 46.3 cm³/mol. The molecule has 0 aliphatic rings. The molecule has 0 aliphatic heterocycles. The highest BCUT2D eigenvalue weighted by molar-refractivity contribution is 5.34. The third-order valence-corrected chi connectivity index (χ3v) is 1.94. The molecule has 92 valence electrons.